The monoisotopic (exact) mass is 475 g/mol. The molecule has 0 saturated carbocycles. The number of fused-ring (bicyclic) bond motifs is 1. The summed E-state index contributed by atoms with van der Waals surface area (Å²) in [5.74, 6) is -0.747. The van der Waals surface area contributed by atoms with Crippen LogP contribution in [0.3, 0.4) is 0 Å². The van der Waals surface area contributed by atoms with Crippen molar-refractivity contribution in [1.82, 2.24) is 14.8 Å². The minimum Gasteiger partial charge on any atom is -0.392 e. The van der Waals surface area contributed by atoms with Crippen LogP contribution in [-0.4, -0.2) is 46.7 Å². The molecule has 7 heteroatoms. The van der Waals surface area contributed by atoms with Crippen LogP contribution in [-0.2, 0) is 13.0 Å². The Bertz CT molecular complexity index is 1390. The zero-order chi connectivity index (χ0) is 24.5. The van der Waals surface area contributed by atoms with E-state index in [-0.39, 0.29) is 24.1 Å². The molecule has 0 radical (unpaired) electrons. The number of aliphatic hydroxyl groups is 1. The second-order valence-corrected chi connectivity index (χ2v) is 8.89. The minimum atomic E-state index is -0.360. The van der Waals surface area contributed by atoms with E-state index in [1.807, 2.05) is 33.7 Å². The number of hydrogen-bond donors (Lipinski definition) is 2. The van der Waals surface area contributed by atoms with Crippen LogP contribution in [0.15, 0.2) is 60.7 Å². The summed E-state index contributed by atoms with van der Waals surface area (Å²) >= 11 is 0. The first kappa shape index (κ1) is 23.2. The van der Waals surface area contributed by atoms with Crippen molar-refractivity contribution in [3.05, 3.63) is 100 Å². The number of carbonyl (C=O) groups is 1. The normalized spacial score (nSPS) is 14.0. The molecule has 0 bridgehead atoms. The average Bonchev–Trinajstić information content (AvgIpc) is 3.20. The zero-order valence-electron chi connectivity index (χ0n) is 19.5. The number of nitrogens with zero attached hydrogens (tertiary/aromatic N) is 2. The highest BCUT2D eigenvalue weighted by Crippen LogP contribution is 2.34. The van der Waals surface area contributed by atoms with Crippen molar-refractivity contribution in [1.29, 1.82) is 0 Å². The van der Waals surface area contributed by atoms with Crippen LogP contribution in [0.4, 0.5) is 8.78 Å². The first-order valence-electron chi connectivity index (χ1n) is 11.7. The summed E-state index contributed by atoms with van der Waals surface area (Å²) in [6.07, 6.45) is 0.317. The molecule has 4 aromatic rings. The van der Waals surface area contributed by atoms with Crippen molar-refractivity contribution in [2.24, 2.45) is 0 Å². The number of nitrogens with one attached hydrogen (secondary N) is 1. The molecule has 2 heterocycles. The molecule has 1 saturated heterocycles. The summed E-state index contributed by atoms with van der Waals surface area (Å²) in [7, 11) is 0. The van der Waals surface area contributed by atoms with Gasteiger partial charge >= 0.3 is 0 Å². The van der Waals surface area contributed by atoms with Crippen molar-refractivity contribution in [3.63, 3.8) is 0 Å². The molecule has 1 aliphatic rings. The average molecular weight is 476 g/mol. The van der Waals surface area contributed by atoms with E-state index in [0.29, 0.717) is 47.6 Å². The van der Waals surface area contributed by atoms with Gasteiger partial charge in [-0.05, 0) is 60.0 Å². The summed E-state index contributed by atoms with van der Waals surface area (Å²) in [5.41, 5.74) is 4.69. The lowest BCUT2D eigenvalue weighted by molar-refractivity contribution is 0.0736. The highest BCUT2D eigenvalue weighted by molar-refractivity contribution is 6.09. The molecule has 0 atom stereocenters. The van der Waals surface area contributed by atoms with Gasteiger partial charge in [0.15, 0.2) is 0 Å². The van der Waals surface area contributed by atoms with Gasteiger partial charge in [-0.15, -0.1) is 0 Å². The number of benzene rings is 3. The van der Waals surface area contributed by atoms with E-state index in [4.69, 9.17) is 0 Å². The van der Waals surface area contributed by atoms with Gasteiger partial charge in [0.05, 0.1) is 17.7 Å². The fourth-order valence-electron chi connectivity index (χ4n) is 4.83. The lowest BCUT2D eigenvalue weighted by Gasteiger charge is -2.28. The summed E-state index contributed by atoms with van der Waals surface area (Å²) in [4.78, 5) is 15.8. The molecule has 5 nitrogen and oxygen atoms in total. The van der Waals surface area contributed by atoms with Gasteiger partial charge in [-0.25, -0.2) is 8.78 Å². The Morgan fingerprint density at radius 3 is 2.49 bits per heavy atom. The molecule has 35 heavy (non-hydrogen) atoms. The fraction of sp³-hybridized carbons (Fsp3) is 0.250. The third-order valence-corrected chi connectivity index (χ3v) is 6.75. The summed E-state index contributed by atoms with van der Waals surface area (Å²) in [6, 6.07) is 16.6. The van der Waals surface area contributed by atoms with Gasteiger partial charge in [-0.1, -0.05) is 24.3 Å². The predicted molar refractivity (Wildman–Crippen MR) is 132 cm³/mol. The first-order valence-corrected chi connectivity index (χ1v) is 11.7. The number of halogens is 2. The van der Waals surface area contributed by atoms with Crippen molar-refractivity contribution in [2.75, 3.05) is 26.2 Å². The third-order valence-electron chi connectivity index (χ3n) is 6.75. The molecule has 1 fully saturated rings. The number of aliphatic hydroxyl groups excluding tert-OH is 1. The molecule has 0 spiro atoms. The molecule has 3 aromatic carbocycles. The van der Waals surface area contributed by atoms with Crippen molar-refractivity contribution in [2.45, 2.75) is 20.0 Å². The van der Waals surface area contributed by atoms with E-state index in [0.717, 1.165) is 29.6 Å². The Morgan fingerprint density at radius 2 is 1.77 bits per heavy atom. The quantitative estimate of drug-likeness (QED) is 0.451. The Morgan fingerprint density at radius 1 is 1.03 bits per heavy atom. The molecule has 1 amide bonds. The predicted octanol–water partition coefficient (Wildman–Crippen LogP) is 4.35. The van der Waals surface area contributed by atoms with E-state index in [1.54, 1.807) is 25.1 Å². The Labute approximate surface area is 202 Å². The van der Waals surface area contributed by atoms with Gasteiger partial charge < -0.3 is 19.9 Å². The molecule has 0 aliphatic carbocycles. The standard InChI is InChI=1S/C28H27F2N3O2/c1-18-20(3-2-4-24(18)30)16-26-27(28(35)32-13-11-31-12-14-32)23-10-5-19(17-34)15-25(23)33(26)22-8-6-21(29)7-9-22/h2-10,15,31,34H,11-14,16-17H2,1H3. The summed E-state index contributed by atoms with van der Waals surface area (Å²) in [5, 5.41) is 13.8. The SMILES string of the molecule is Cc1c(F)cccc1Cc1c(C(=O)N2CCNCC2)c2ccc(CO)cc2n1-c1ccc(F)cc1. The van der Waals surface area contributed by atoms with Crippen molar-refractivity contribution >= 4 is 16.8 Å². The number of amides is 1. The van der Waals surface area contributed by atoms with Crippen LogP contribution in [0.2, 0.25) is 0 Å². The second kappa shape index (κ2) is 9.60. The maximum absolute atomic E-state index is 14.4. The van der Waals surface area contributed by atoms with Crippen LogP contribution >= 0.6 is 0 Å². The molecule has 0 unspecified atom stereocenters. The molecule has 180 valence electrons. The van der Waals surface area contributed by atoms with Gasteiger partial charge in [0.2, 0.25) is 0 Å². The van der Waals surface area contributed by atoms with Crippen LogP contribution < -0.4 is 5.32 Å². The molecule has 5 rings (SSSR count). The van der Waals surface area contributed by atoms with E-state index < -0.39 is 0 Å². The van der Waals surface area contributed by atoms with E-state index in [1.165, 1.54) is 18.2 Å². The first-order chi connectivity index (χ1) is 17.0. The highest BCUT2D eigenvalue weighted by Gasteiger charge is 2.28. The number of rotatable bonds is 5. The molecular formula is C28H27F2N3O2. The minimum absolute atomic E-state index is 0.0850. The van der Waals surface area contributed by atoms with Gasteiger partial charge in [-0.3, -0.25) is 4.79 Å². The van der Waals surface area contributed by atoms with E-state index in [9.17, 15) is 18.7 Å². The zero-order valence-corrected chi connectivity index (χ0v) is 19.5. The van der Waals surface area contributed by atoms with Crippen molar-refractivity contribution < 1.29 is 18.7 Å². The smallest absolute Gasteiger partial charge is 0.256 e. The van der Waals surface area contributed by atoms with Crippen LogP contribution in [0.5, 0.6) is 0 Å². The summed E-state index contributed by atoms with van der Waals surface area (Å²) < 4.78 is 30.2. The third kappa shape index (κ3) is 4.33. The molecule has 1 aliphatic heterocycles. The highest BCUT2D eigenvalue weighted by atomic mass is 19.1. The number of piperazine rings is 1. The number of carbonyl (C=O) groups excluding carboxylic acids is 1. The second-order valence-electron chi connectivity index (χ2n) is 8.89. The maximum atomic E-state index is 14.4. The van der Waals surface area contributed by atoms with Gasteiger partial charge in [0.25, 0.3) is 5.91 Å². The Kier molecular flexibility index (Phi) is 6.36. The van der Waals surface area contributed by atoms with Gasteiger partial charge in [0.1, 0.15) is 11.6 Å². The molecule has 1 aromatic heterocycles. The van der Waals surface area contributed by atoms with Gasteiger partial charge in [-0.2, -0.15) is 0 Å². The topological polar surface area (TPSA) is 57.5 Å². The Hall–Kier alpha value is -3.55. The van der Waals surface area contributed by atoms with Crippen LogP contribution in [0.25, 0.3) is 16.6 Å². The van der Waals surface area contributed by atoms with Crippen molar-refractivity contribution in [3.8, 4) is 5.69 Å². The van der Waals surface area contributed by atoms with Crippen LogP contribution in [0, 0.1) is 18.6 Å². The Balaban J connectivity index is 1.80. The van der Waals surface area contributed by atoms with E-state index in [2.05, 4.69) is 5.32 Å². The summed E-state index contributed by atoms with van der Waals surface area (Å²) in [6.45, 7) is 4.20. The molecule has 2 N–H and O–H groups in total. The lowest BCUT2D eigenvalue weighted by Crippen LogP contribution is -2.46. The number of hydrogen-bond acceptors (Lipinski definition) is 3. The number of aromatic nitrogens is 1. The van der Waals surface area contributed by atoms with Gasteiger partial charge in [0, 0.05) is 49.4 Å². The lowest BCUT2D eigenvalue weighted by atomic mass is 9.99. The van der Waals surface area contributed by atoms with E-state index >= 15 is 0 Å². The largest absolute Gasteiger partial charge is 0.392 e. The molecular weight excluding hydrogens is 448 g/mol. The maximum Gasteiger partial charge on any atom is 0.256 e. The fourth-order valence-corrected chi connectivity index (χ4v) is 4.83. The van der Waals surface area contributed by atoms with Crippen LogP contribution in [0.1, 0.15) is 32.7 Å².